The van der Waals surface area contributed by atoms with Crippen molar-refractivity contribution in [3.05, 3.63) is 53.8 Å². The molecule has 0 N–H and O–H groups in total. The van der Waals surface area contributed by atoms with Gasteiger partial charge < -0.3 is 4.52 Å². The van der Waals surface area contributed by atoms with Gasteiger partial charge in [0.05, 0.1) is 10.6 Å². The average Bonchev–Trinajstić information content (AvgIpc) is 3.24. The largest absolute Gasteiger partial charge is 0.452 e. The minimum absolute atomic E-state index is 0.0115. The maximum atomic E-state index is 13.0. The Morgan fingerprint density at radius 3 is 2.52 bits per heavy atom. The normalized spacial score (nSPS) is 12.3. The molecule has 0 amide bonds. The van der Waals surface area contributed by atoms with E-state index in [0.717, 1.165) is 23.0 Å². The zero-order chi connectivity index (χ0) is 19.8. The molecule has 0 radical (unpaired) electrons. The van der Waals surface area contributed by atoms with E-state index < -0.39 is 22.0 Å². The van der Waals surface area contributed by atoms with Crippen LogP contribution in [0.4, 0.5) is 18.9 Å². The van der Waals surface area contributed by atoms with Crippen LogP contribution in [0, 0.1) is 6.92 Å². The van der Waals surface area contributed by atoms with Gasteiger partial charge in [-0.15, -0.1) is 11.3 Å². The number of hydrogen-bond acceptors (Lipinski definition) is 5. The van der Waals surface area contributed by atoms with E-state index in [4.69, 9.17) is 0 Å². The van der Waals surface area contributed by atoms with Crippen molar-refractivity contribution >= 4 is 27.0 Å². The second-order valence-electron chi connectivity index (χ2n) is 5.70. The monoisotopic (exact) mass is 416 g/mol. The predicted octanol–water partition coefficient (Wildman–Crippen LogP) is 4.95. The Morgan fingerprint density at radius 2 is 1.93 bits per heavy atom. The summed E-state index contributed by atoms with van der Waals surface area (Å²) in [7, 11) is -3.86. The van der Waals surface area contributed by atoms with Gasteiger partial charge in [-0.3, -0.25) is 4.31 Å². The third-order valence-electron chi connectivity index (χ3n) is 3.74. The Hall–Kier alpha value is -2.33. The fourth-order valence-electron chi connectivity index (χ4n) is 2.50. The van der Waals surface area contributed by atoms with Crippen molar-refractivity contribution in [2.45, 2.75) is 24.2 Å². The van der Waals surface area contributed by atoms with Crippen molar-refractivity contribution in [1.82, 2.24) is 5.16 Å². The zero-order valence-electron chi connectivity index (χ0n) is 14.3. The highest BCUT2D eigenvalue weighted by molar-refractivity contribution is 7.94. The van der Waals surface area contributed by atoms with Gasteiger partial charge in [-0.1, -0.05) is 17.3 Å². The summed E-state index contributed by atoms with van der Waals surface area (Å²) in [6.07, 6.45) is -4.65. The number of halogens is 3. The first-order valence-corrected chi connectivity index (χ1v) is 10.1. The summed E-state index contributed by atoms with van der Waals surface area (Å²) in [5, 5.41) is 3.39. The zero-order valence-corrected chi connectivity index (χ0v) is 16.0. The highest BCUT2D eigenvalue weighted by Crippen LogP contribution is 2.36. The van der Waals surface area contributed by atoms with Crippen molar-refractivity contribution in [2.24, 2.45) is 0 Å². The van der Waals surface area contributed by atoms with Gasteiger partial charge >= 0.3 is 6.18 Å². The number of thiophene rings is 1. The first kappa shape index (κ1) is 19.4. The van der Waals surface area contributed by atoms with E-state index in [1.54, 1.807) is 25.1 Å². The number of sulfonamides is 1. The maximum absolute atomic E-state index is 13.0. The van der Waals surface area contributed by atoms with Crippen LogP contribution in [-0.4, -0.2) is 20.1 Å². The van der Waals surface area contributed by atoms with E-state index in [1.807, 2.05) is 13.0 Å². The van der Waals surface area contributed by atoms with E-state index in [0.29, 0.717) is 5.69 Å². The van der Waals surface area contributed by atoms with Gasteiger partial charge in [0.2, 0.25) is 5.76 Å². The first-order valence-electron chi connectivity index (χ1n) is 7.86. The van der Waals surface area contributed by atoms with Gasteiger partial charge in [0, 0.05) is 12.6 Å². The lowest BCUT2D eigenvalue weighted by Crippen LogP contribution is -2.30. The van der Waals surface area contributed by atoms with Gasteiger partial charge in [-0.05, 0) is 43.7 Å². The second-order valence-corrected chi connectivity index (χ2v) is 8.87. The molecule has 2 aromatic heterocycles. The molecule has 10 heteroatoms. The molecule has 0 saturated carbocycles. The smallest absolute Gasteiger partial charge is 0.351 e. The molecule has 0 fully saturated rings. The number of hydrogen-bond donors (Lipinski definition) is 0. The molecule has 2 heterocycles. The number of benzene rings is 1. The molecular weight excluding hydrogens is 401 g/mol. The van der Waals surface area contributed by atoms with Crippen LogP contribution in [0.25, 0.3) is 10.6 Å². The minimum Gasteiger partial charge on any atom is -0.351 e. The minimum atomic E-state index is -4.65. The molecule has 0 spiro atoms. The van der Waals surface area contributed by atoms with E-state index in [9.17, 15) is 21.6 Å². The van der Waals surface area contributed by atoms with E-state index in [-0.39, 0.29) is 21.3 Å². The third kappa shape index (κ3) is 3.86. The van der Waals surface area contributed by atoms with Crippen LogP contribution < -0.4 is 4.31 Å². The molecular formula is C17H15F3N2O3S2. The van der Waals surface area contributed by atoms with Gasteiger partial charge in [0.25, 0.3) is 10.0 Å². The Morgan fingerprint density at radius 1 is 1.19 bits per heavy atom. The van der Waals surface area contributed by atoms with E-state index in [1.165, 1.54) is 16.4 Å². The SMILES string of the molecule is CCN(c1cccc(C)c1)S(=O)(=O)c1ccc(-c2cc(C(F)(F)F)on2)s1. The van der Waals surface area contributed by atoms with Gasteiger partial charge in [-0.25, -0.2) is 8.42 Å². The van der Waals surface area contributed by atoms with Crippen molar-refractivity contribution < 1.29 is 26.1 Å². The Balaban J connectivity index is 1.95. The van der Waals surface area contributed by atoms with Crippen LogP contribution in [0.2, 0.25) is 0 Å². The van der Waals surface area contributed by atoms with Crippen LogP contribution >= 0.6 is 11.3 Å². The lowest BCUT2D eigenvalue weighted by molar-refractivity contribution is -0.155. The highest BCUT2D eigenvalue weighted by atomic mass is 32.2. The fourth-order valence-corrected chi connectivity index (χ4v) is 5.34. The molecule has 3 rings (SSSR count). The molecule has 27 heavy (non-hydrogen) atoms. The molecule has 0 aliphatic heterocycles. The van der Waals surface area contributed by atoms with Crippen molar-refractivity contribution in [2.75, 3.05) is 10.8 Å². The quantitative estimate of drug-likeness (QED) is 0.591. The molecule has 0 unspecified atom stereocenters. The summed E-state index contributed by atoms with van der Waals surface area (Å²) in [4.78, 5) is 0.271. The van der Waals surface area contributed by atoms with Crippen molar-refractivity contribution in [3.63, 3.8) is 0 Å². The lowest BCUT2D eigenvalue weighted by atomic mass is 10.2. The summed E-state index contributed by atoms with van der Waals surface area (Å²) >= 11 is 0.840. The van der Waals surface area contributed by atoms with Gasteiger partial charge in [0.1, 0.15) is 9.90 Å². The number of aryl methyl sites for hydroxylation is 1. The Kier molecular flexibility index (Phi) is 5.04. The first-order chi connectivity index (χ1) is 12.6. The molecule has 1 aromatic carbocycles. The summed E-state index contributed by atoms with van der Waals surface area (Å²) in [6, 6.07) is 10.6. The van der Waals surface area contributed by atoms with Crippen LogP contribution in [0.3, 0.4) is 0 Å². The number of rotatable bonds is 5. The average molecular weight is 416 g/mol. The number of alkyl halides is 3. The number of anilines is 1. The highest BCUT2D eigenvalue weighted by Gasteiger charge is 2.36. The number of nitrogens with zero attached hydrogens (tertiary/aromatic N) is 2. The van der Waals surface area contributed by atoms with Gasteiger partial charge in [0.15, 0.2) is 0 Å². The van der Waals surface area contributed by atoms with Gasteiger partial charge in [-0.2, -0.15) is 13.2 Å². The molecule has 0 atom stereocenters. The summed E-state index contributed by atoms with van der Waals surface area (Å²) in [5.74, 6) is -1.23. The molecule has 0 saturated heterocycles. The van der Waals surface area contributed by atoms with Crippen LogP contribution in [0.15, 0.2) is 51.2 Å². The predicted molar refractivity (Wildman–Crippen MR) is 96.2 cm³/mol. The summed E-state index contributed by atoms with van der Waals surface area (Å²) in [5.41, 5.74) is 1.37. The molecule has 0 aliphatic rings. The number of aromatic nitrogens is 1. The van der Waals surface area contributed by atoms with Crippen molar-refractivity contribution in [1.29, 1.82) is 0 Å². The molecule has 5 nitrogen and oxygen atoms in total. The molecule has 144 valence electrons. The van der Waals surface area contributed by atoms with Crippen LogP contribution in [-0.2, 0) is 16.2 Å². The second kappa shape index (κ2) is 7.01. The maximum Gasteiger partial charge on any atom is 0.452 e. The lowest BCUT2D eigenvalue weighted by Gasteiger charge is -2.22. The summed E-state index contributed by atoms with van der Waals surface area (Å²) in [6.45, 7) is 3.78. The Bertz CT molecular complexity index is 1060. The van der Waals surface area contributed by atoms with E-state index >= 15 is 0 Å². The van der Waals surface area contributed by atoms with Crippen LogP contribution in [0.5, 0.6) is 0 Å². The fraction of sp³-hybridized carbons (Fsp3) is 0.235. The van der Waals surface area contributed by atoms with Crippen molar-refractivity contribution in [3.8, 4) is 10.6 Å². The molecule has 0 bridgehead atoms. The molecule has 0 aliphatic carbocycles. The Labute approximate surface area is 158 Å². The van der Waals surface area contributed by atoms with E-state index in [2.05, 4.69) is 9.68 Å². The van der Waals surface area contributed by atoms with Crippen LogP contribution in [0.1, 0.15) is 18.2 Å². The topological polar surface area (TPSA) is 63.4 Å². The molecule has 3 aromatic rings. The summed E-state index contributed by atoms with van der Waals surface area (Å²) < 4.78 is 69.5. The standard InChI is InChI=1S/C17H15F3N2O3S2/c1-3-22(12-6-4-5-11(2)9-12)27(23,24)16-8-7-14(26-16)13-10-15(25-21-13)17(18,19)20/h4-10H,3H2,1-2H3. The third-order valence-corrected chi connectivity index (χ3v) is 7.22.